The molecule has 0 saturated heterocycles. The van der Waals surface area contributed by atoms with Crippen LogP contribution in [0.25, 0.3) is 66.8 Å². The minimum Gasteiger partial charge on any atom is -0.208 e. The van der Waals surface area contributed by atoms with E-state index in [1.807, 2.05) is 30.3 Å². The molecule has 0 atom stereocenters. The fourth-order valence-electron chi connectivity index (χ4n) is 6.35. The lowest BCUT2D eigenvalue weighted by Crippen LogP contribution is -2.14. The molecule has 3 nitrogen and oxygen atoms in total. The van der Waals surface area contributed by atoms with Crippen molar-refractivity contribution in [3.63, 3.8) is 0 Å². The van der Waals surface area contributed by atoms with E-state index in [0.717, 1.165) is 22.1 Å². The molecule has 0 saturated carbocycles. The van der Waals surface area contributed by atoms with Gasteiger partial charge >= 0.3 is 0 Å². The lowest BCUT2D eigenvalue weighted by molar-refractivity contribution is 0.661. The molecule has 3 heteroatoms. The van der Waals surface area contributed by atoms with Crippen molar-refractivity contribution in [3.05, 3.63) is 139 Å². The van der Waals surface area contributed by atoms with Crippen LogP contribution in [0.1, 0.15) is 25.0 Å². The summed E-state index contributed by atoms with van der Waals surface area (Å²) >= 11 is 0. The summed E-state index contributed by atoms with van der Waals surface area (Å²) in [6.07, 6.45) is 0. The Morgan fingerprint density at radius 1 is 0.439 bits per heavy atom. The molecule has 41 heavy (non-hydrogen) atoms. The van der Waals surface area contributed by atoms with Crippen molar-refractivity contribution in [1.82, 2.24) is 15.0 Å². The van der Waals surface area contributed by atoms with E-state index >= 15 is 0 Å². The van der Waals surface area contributed by atoms with Crippen molar-refractivity contribution in [3.8, 4) is 45.3 Å². The fraction of sp³-hybridized carbons (Fsp3) is 0.0789. The van der Waals surface area contributed by atoms with Crippen molar-refractivity contribution >= 4 is 21.5 Å². The maximum Gasteiger partial charge on any atom is 0.164 e. The van der Waals surface area contributed by atoms with Gasteiger partial charge < -0.3 is 0 Å². The first-order chi connectivity index (χ1) is 20.1. The van der Waals surface area contributed by atoms with Crippen LogP contribution in [0.2, 0.25) is 0 Å². The Morgan fingerprint density at radius 2 is 1.02 bits per heavy atom. The zero-order chi connectivity index (χ0) is 27.6. The van der Waals surface area contributed by atoms with Gasteiger partial charge in [-0.1, -0.05) is 129 Å². The topological polar surface area (TPSA) is 38.7 Å². The van der Waals surface area contributed by atoms with Crippen LogP contribution in [0, 0.1) is 0 Å². The molecule has 0 fully saturated rings. The molecule has 194 valence electrons. The summed E-state index contributed by atoms with van der Waals surface area (Å²) in [6.45, 7) is 4.64. The predicted molar refractivity (Wildman–Crippen MR) is 169 cm³/mol. The van der Waals surface area contributed by atoms with E-state index in [4.69, 9.17) is 15.0 Å². The first kappa shape index (κ1) is 23.7. The molecule has 0 aliphatic heterocycles. The molecule has 7 aromatic rings. The summed E-state index contributed by atoms with van der Waals surface area (Å²) in [6, 6.07) is 44.9. The van der Waals surface area contributed by atoms with Gasteiger partial charge in [-0.15, -0.1) is 0 Å². The van der Waals surface area contributed by atoms with Crippen molar-refractivity contribution in [2.24, 2.45) is 0 Å². The minimum absolute atomic E-state index is 0.0215. The summed E-state index contributed by atoms with van der Waals surface area (Å²) in [5.74, 6) is 2.01. The van der Waals surface area contributed by atoms with E-state index in [1.54, 1.807) is 0 Å². The average molecular weight is 526 g/mol. The second-order valence-corrected chi connectivity index (χ2v) is 11.3. The number of aromatic nitrogens is 3. The normalized spacial score (nSPS) is 13.3. The Labute approximate surface area is 239 Å². The Balaban J connectivity index is 1.31. The van der Waals surface area contributed by atoms with Gasteiger partial charge in [-0.25, -0.2) is 15.0 Å². The van der Waals surface area contributed by atoms with E-state index in [0.29, 0.717) is 17.5 Å². The van der Waals surface area contributed by atoms with Crippen molar-refractivity contribution in [2.75, 3.05) is 0 Å². The lowest BCUT2D eigenvalue weighted by atomic mass is 9.82. The Bertz CT molecular complexity index is 2130. The highest BCUT2D eigenvalue weighted by Gasteiger charge is 2.36. The standard InChI is InChI=1S/C38H27N3/c1-38(2)32-15-9-8-14-31(32)34-30-20-18-29(23-27(30)19-21-33(34)38)37-40-35(25-11-4-3-5-12-25)39-36(41-37)28-17-16-24-10-6-7-13-26(24)22-28/h3-23H,1-2H3. The summed E-state index contributed by atoms with van der Waals surface area (Å²) in [5, 5.41) is 4.80. The Kier molecular flexibility index (Phi) is 5.17. The molecule has 1 aromatic heterocycles. The summed E-state index contributed by atoms with van der Waals surface area (Å²) in [4.78, 5) is 14.9. The summed E-state index contributed by atoms with van der Waals surface area (Å²) in [7, 11) is 0. The summed E-state index contributed by atoms with van der Waals surface area (Å²) < 4.78 is 0. The van der Waals surface area contributed by atoms with Crippen LogP contribution in [-0.4, -0.2) is 15.0 Å². The molecule has 0 radical (unpaired) electrons. The van der Waals surface area contributed by atoms with Crippen molar-refractivity contribution < 1.29 is 0 Å². The molecule has 0 spiro atoms. The van der Waals surface area contributed by atoms with Crippen LogP contribution >= 0.6 is 0 Å². The van der Waals surface area contributed by atoms with Gasteiger partial charge in [0, 0.05) is 22.1 Å². The third kappa shape index (κ3) is 3.77. The molecule has 0 amide bonds. The van der Waals surface area contributed by atoms with Crippen molar-refractivity contribution in [2.45, 2.75) is 19.3 Å². The van der Waals surface area contributed by atoms with E-state index in [2.05, 4.69) is 111 Å². The van der Waals surface area contributed by atoms with Crippen molar-refractivity contribution in [1.29, 1.82) is 0 Å². The molecule has 0 N–H and O–H groups in total. The molecular weight excluding hydrogens is 498 g/mol. The predicted octanol–water partition coefficient (Wildman–Crippen LogP) is 9.49. The molecule has 8 rings (SSSR count). The second kappa shape index (κ2) is 8.94. The quantitative estimate of drug-likeness (QED) is 0.231. The van der Waals surface area contributed by atoms with Crippen LogP contribution in [0.4, 0.5) is 0 Å². The second-order valence-electron chi connectivity index (χ2n) is 11.3. The molecule has 6 aromatic carbocycles. The Morgan fingerprint density at radius 3 is 1.80 bits per heavy atom. The van der Waals surface area contributed by atoms with E-state index in [9.17, 15) is 0 Å². The zero-order valence-corrected chi connectivity index (χ0v) is 23.0. The van der Waals surface area contributed by atoms with Gasteiger partial charge in [-0.2, -0.15) is 0 Å². The first-order valence-corrected chi connectivity index (χ1v) is 14.0. The van der Waals surface area contributed by atoms with Gasteiger partial charge in [-0.3, -0.25) is 0 Å². The SMILES string of the molecule is CC1(C)c2ccccc2-c2c1ccc1cc(-c3nc(-c4ccccc4)nc(-c4ccc5ccccc5c4)n3)ccc21. The number of hydrogen-bond acceptors (Lipinski definition) is 3. The van der Waals surface area contributed by atoms with Gasteiger partial charge in [-0.05, 0) is 55.9 Å². The van der Waals surface area contributed by atoms with E-state index in [1.165, 1.54) is 38.4 Å². The maximum atomic E-state index is 5.02. The average Bonchev–Trinajstić information content (AvgIpc) is 3.27. The number of benzene rings is 6. The monoisotopic (exact) mass is 525 g/mol. The third-order valence-corrected chi connectivity index (χ3v) is 8.50. The van der Waals surface area contributed by atoms with E-state index < -0.39 is 0 Å². The highest BCUT2D eigenvalue weighted by molar-refractivity contribution is 6.03. The summed E-state index contributed by atoms with van der Waals surface area (Å²) in [5.41, 5.74) is 8.33. The van der Waals surface area contributed by atoms with E-state index in [-0.39, 0.29) is 5.41 Å². The van der Waals surface area contributed by atoms with Gasteiger partial charge in [0.2, 0.25) is 0 Å². The smallest absolute Gasteiger partial charge is 0.164 e. The molecule has 1 aliphatic rings. The number of hydrogen-bond donors (Lipinski definition) is 0. The van der Waals surface area contributed by atoms with Gasteiger partial charge in [0.05, 0.1) is 0 Å². The van der Waals surface area contributed by atoms with Crippen LogP contribution in [0.3, 0.4) is 0 Å². The molecular formula is C38H27N3. The van der Waals surface area contributed by atoms with Crippen LogP contribution < -0.4 is 0 Å². The van der Waals surface area contributed by atoms with Gasteiger partial charge in [0.15, 0.2) is 17.5 Å². The highest BCUT2D eigenvalue weighted by atomic mass is 15.0. The van der Waals surface area contributed by atoms with Crippen LogP contribution in [0.5, 0.6) is 0 Å². The van der Waals surface area contributed by atoms with Crippen LogP contribution in [-0.2, 0) is 5.41 Å². The third-order valence-electron chi connectivity index (χ3n) is 8.50. The fourth-order valence-corrected chi connectivity index (χ4v) is 6.35. The maximum absolute atomic E-state index is 5.02. The molecule has 1 heterocycles. The number of nitrogens with zero attached hydrogens (tertiary/aromatic N) is 3. The molecule has 1 aliphatic carbocycles. The lowest BCUT2D eigenvalue weighted by Gasteiger charge is -2.21. The number of rotatable bonds is 3. The minimum atomic E-state index is -0.0215. The first-order valence-electron chi connectivity index (χ1n) is 14.0. The number of fused-ring (bicyclic) bond motifs is 6. The van der Waals surface area contributed by atoms with Gasteiger partial charge in [0.25, 0.3) is 0 Å². The zero-order valence-electron chi connectivity index (χ0n) is 23.0. The highest BCUT2D eigenvalue weighted by Crippen LogP contribution is 2.51. The Hall–Kier alpha value is -5.15. The van der Waals surface area contributed by atoms with Crippen LogP contribution in [0.15, 0.2) is 127 Å². The molecule has 0 unspecified atom stereocenters. The molecule has 0 bridgehead atoms. The van der Waals surface area contributed by atoms with Gasteiger partial charge in [0.1, 0.15) is 0 Å². The largest absolute Gasteiger partial charge is 0.208 e.